The van der Waals surface area contributed by atoms with Gasteiger partial charge in [0, 0.05) is 10.5 Å². The fourth-order valence-corrected chi connectivity index (χ4v) is 0.745. The molecule has 1 rings (SSSR count). The van der Waals surface area contributed by atoms with Gasteiger partial charge in [0.1, 0.15) is 5.82 Å². The third-order valence-electron chi connectivity index (χ3n) is 0.728. The predicted octanol–water partition coefficient (Wildman–Crippen LogP) is 4.16. The summed E-state index contributed by atoms with van der Waals surface area (Å²) >= 11 is 8.03. The van der Waals surface area contributed by atoms with Crippen LogP contribution in [-0.2, 0) is 10.1 Å². The van der Waals surface area contributed by atoms with E-state index in [4.69, 9.17) is 0 Å². The predicted molar refractivity (Wildman–Crippen MR) is 61.0 cm³/mol. The Bertz CT molecular complexity index is 192. The van der Waals surface area contributed by atoms with Crippen LogP contribution in [0, 0.1) is 11.9 Å². The van der Waals surface area contributed by atoms with Crippen molar-refractivity contribution in [3.8, 4) is 0 Å². The Hall–Kier alpha value is 1.71. The van der Waals surface area contributed by atoms with Crippen LogP contribution in [0.15, 0.2) is 22.7 Å². The van der Waals surface area contributed by atoms with Crippen molar-refractivity contribution in [2.75, 3.05) is 0 Å². The van der Waals surface area contributed by atoms with E-state index in [9.17, 15) is 4.39 Å². The van der Waals surface area contributed by atoms with Gasteiger partial charge in [-0.3, -0.25) is 0 Å². The SMILES string of the molecule is Fc1[c]ccc(Br)c1.[I][Zn][I]. The van der Waals surface area contributed by atoms with Gasteiger partial charge in [-0.25, -0.2) is 4.39 Å². The molecule has 0 saturated heterocycles. The topological polar surface area (TPSA) is 0 Å². The molecule has 0 fully saturated rings. The van der Waals surface area contributed by atoms with Gasteiger partial charge in [0.2, 0.25) is 0 Å². The Kier molecular flexibility index (Phi) is 9.61. The monoisotopic (exact) mass is 491 g/mol. The molecule has 0 aromatic heterocycles. The molecule has 0 saturated carbocycles. The molecule has 57 valence electrons. The summed E-state index contributed by atoms with van der Waals surface area (Å²) in [6, 6.07) is 6.99. The van der Waals surface area contributed by atoms with E-state index in [1.807, 2.05) is 0 Å². The minimum absolute atomic E-state index is 0.0650. The van der Waals surface area contributed by atoms with E-state index >= 15 is 0 Å². The first-order valence-electron chi connectivity index (χ1n) is 2.65. The average molecular weight is 493 g/mol. The van der Waals surface area contributed by atoms with Gasteiger partial charge in [-0.1, -0.05) is 22.0 Å². The average Bonchev–Trinajstić information content (AvgIpc) is 1.88. The van der Waals surface area contributed by atoms with Crippen molar-refractivity contribution in [3.05, 3.63) is 34.6 Å². The van der Waals surface area contributed by atoms with Crippen LogP contribution in [0.4, 0.5) is 4.39 Å². The van der Waals surface area contributed by atoms with Crippen molar-refractivity contribution in [2.24, 2.45) is 0 Å². The van der Waals surface area contributed by atoms with Crippen molar-refractivity contribution in [3.63, 3.8) is 0 Å². The third-order valence-corrected chi connectivity index (χ3v) is 1.22. The fraction of sp³-hybridized carbons (Fsp3) is 0. The second kappa shape index (κ2) is 8.32. The number of hydrogen-bond donors (Lipinski definition) is 0. The van der Waals surface area contributed by atoms with Crippen LogP contribution < -0.4 is 0 Å². The Labute approximate surface area is 103 Å². The third kappa shape index (κ3) is 8.05. The fourth-order valence-electron chi connectivity index (χ4n) is 0.412. The quantitative estimate of drug-likeness (QED) is 0.377. The van der Waals surface area contributed by atoms with Crippen LogP contribution in [0.25, 0.3) is 0 Å². The Morgan fingerprint density at radius 3 is 2.36 bits per heavy atom. The van der Waals surface area contributed by atoms with Crippen LogP contribution in [0.5, 0.6) is 0 Å². The maximum absolute atomic E-state index is 12.1. The molecular formula is C6H3BrFI2Zn. The van der Waals surface area contributed by atoms with Crippen LogP contribution in [0.1, 0.15) is 0 Å². The maximum atomic E-state index is 12.1. The van der Waals surface area contributed by atoms with Crippen LogP contribution in [-0.4, -0.2) is 0 Å². The molecule has 11 heavy (non-hydrogen) atoms. The molecule has 5 heteroatoms. The first-order valence-corrected chi connectivity index (χ1v) is 21.5. The molecular weight excluding hydrogens is 490 g/mol. The molecule has 0 heterocycles. The molecule has 0 aliphatic heterocycles. The molecule has 0 spiro atoms. The molecule has 0 atom stereocenters. The molecule has 0 amide bonds. The summed E-state index contributed by atoms with van der Waals surface area (Å²) in [4.78, 5) is 0. The first-order chi connectivity index (χ1) is 5.20. The molecule has 1 radical (unpaired) electrons. The van der Waals surface area contributed by atoms with Crippen molar-refractivity contribution >= 4 is 55.4 Å². The van der Waals surface area contributed by atoms with Crippen LogP contribution in [0.3, 0.4) is 0 Å². The van der Waals surface area contributed by atoms with E-state index in [1.54, 1.807) is 6.07 Å². The van der Waals surface area contributed by atoms with Gasteiger partial charge >= 0.3 is 49.6 Å². The number of benzene rings is 1. The Morgan fingerprint density at radius 1 is 1.55 bits per heavy atom. The number of hydrogen-bond acceptors (Lipinski definition) is 0. The van der Waals surface area contributed by atoms with E-state index in [-0.39, 0.29) is 15.9 Å². The summed E-state index contributed by atoms with van der Waals surface area (Å²) < 4.78 is 12.8. The second-order valence-corrected chi connectivity index (χ2v) is 25.9. The van der Waals surface area contributed by atoms with Gasteiger partial charge in [0.25, 0.3) is 0 Å². The summed E-state index contributed by atoms with van der Waals surface area (Å²) in [5, 5.41) is 0. The first kappa shape index (κ1) is 12.7. The number of halogens is 4. The molecule has 0 bridgehead atoms. The van der Waals surface area contributed by atoms with Crippen molar-refractivity contribution < 1.29 is 14.5 Å². The van der Waals surface area contributed by atoms with Gasteiger partial charge < -0.3 is 0 Å². The molecule has 0 aliphatic rings. The molecule has 1 aromatic rings. The molecule has 0 aliphatic carbocycles. The minimum atomic E-state index is -0.334. The summed E-state index contributed by atoms with van der Waals surface area (Å²) in [5.41, 5.74) is 0. The standard InChI is InChI=1S/C6H3BrF.2HI.Zn/c7-5-2-1-3-6(8)4-5;;;/h1-2,4H;2*1H;/q;;;+2/p-2. The second-order valence-electron chi connectivity index (χ2n) is 1.46. The van der Waals surface area contributed by atoms with E-state index in [2.05, 4.69) is 61.5 Å². The summed E-state index contributed by atoms with van der Waals surface area (Å²) in [6.07, 6.45) is 0. The zero-order chi connectivity index (χ0) is 8.69. The molecule has 1 aromatic carbocycles. The molecule has 0 nitrogen and oxygen atoms in total. The molecule has 0 unspecified atom stereocenters. The summed E-state index contributed by atoms with van der Waals surface area (Å²) in [6.45, 7) is 0. The van der Waals surface area contributed by atoms with Crippen LogP contribution in [0.2, 0.25) is 0 Å². The van der Waals surface area contributed by atoms with Gasteiger partial charge in [-0.15, -0.1) is 0 Å². The van der Waals surface area contributed by atoms with Gasteiger partial charge in [0.05, 0.1) is 0 Å². The van der Waals surface area contributed by atoms with E-state index in [1.165, 1.54) is 12.1 Å². The van der Waals surface area contributed by atoms with Gasteiger partial charge in [-0.05, 0) is 12.1 Å². The Morgan fingerprint density at radius 2 is 2.09 bits per heavy atom. The molecule has 0 N–H and O–H groups in total. The van der Waals surface area contributed by atoms with Crippen LogP contribution >= 0.6 is 55.4 Å². The normalized spacial score (nSPS) is 7.64. The summed E-state index contributed by atoms with van der Waals surface area (Å²) in [7, 11) is 0.0650. The number of rotatable bonds is 0. The zero-order valence-electron chi connectivity index (χ0n) is 5.45. The van der Waals surface area contributed by atoms with E-state index in [0.717, 1.165) is 4.47 Å². The van der Waals surface area contributed by atoms with Gasteiger partial charge in [0.15, 0.2) is 0 Å². The Balaban J connectivity index is 0.000000292. The van der Waals surface area contributed by atoms with Gasteiger partial charge in [-0.2, -0.15) is 0 Å². The van der Waals surface area contributed by atoms with E-state index in [0.29, 0.717) is 0 Å². The zero-order valence-corrected chi connectivity index (χ0v) is 14.3. The van der Waals surface area contributed by atoms with Crippen molar-refractivity contribution in [2.45, 2.75) is 0 Å². The summed E-state index contributed by atoms with van der Waals surface area (Å²) in [5.74, 6) is -0.334. The van der Waals surface area contributed by atoms with Crippen molar-refractivity contribution in [1.82, 2.24) is 0 Å². The van der Waals surface area contributed by atoms with E-state index < -0.39 is 0 Å². The van der Waals surface area contributed by atoms with Crippen molar-refractivity contribution in [1.29, 1.82) is 0 Å².